The first-order valence-electron chi connectivity index (χ1n) is 7.88. The van der Waals surface area contributed by atoms with Crippen LogP contribution in [0.3, 0.4) is 0 Å². The van der Waals surface area contributed by atoms with Crippen molar-refractivity contribution in [3.05, 3.63) is 18.2 Å². The molecule has 0 aliphatic carbocycles. The highest BCUT2D eigenvalue weighted by atomic mass is 16.7. The van der Waals surface area contributed by atoms with E-state index in [4.69, 9.17) is 14.2 Å². The van der Waals surface area contributed by atoms with Crippen LogP contribution < -0.4 is 0 Å². The second-order valence-electron chi connectivity index (χ2n) is 5.94. The predicted octanol–water partition coefficient (Wildman–Crippen LogP) is 0.592. The van der Waals surface area contributed by atoms with Gasteiger partial charge in [0.2, 0.25) is 5.91 Å². The molecule has 0 bridgehead atoms. The molecule has 1 atom stereocenters. The molecule has 1 aliphatic heterocycles. The minimum Gasteiger partial charge on any atom is -0.469 e. The Kier molecular flexibility index (Phi) is 5.95. The molecule has 0 N–H and O–H groups in total. The van der Waals surface area contributed by atoms with E-state index in [-0.39, 0.29) is 18.4 Å². The maximum atomic E-state index is 12.6. The average molecular weight is 339 g/mol. The highest BCUT2D eigenvalue weighted by Crippen LogP contribution is 2.30. The first kappa shape index (κ1) is 18.4. The third kappa shape index (κ3) is 3.93. The topological polar surface area (TPSA) is 82.9 Å². The van der Waals surface area contributed by atoms with Gasteiger partial charge in [-0.3, -0.25) is 9.59 Å². The number of nitrogens with zero attached hydrogens (tertiary/aromatic N) is 3. The molecular formula is C16H25N3O5. The van der Waals surface area contributed by atoms with E-state index in [0.29, 0.717) is 25.9 Å². The molecule has 24 heavy (non-hydrogen) atoms. The van der Waals surface area contributed by atoms with Crippen LogP contribution in [0.1, 0.15) is 18.7 Å². The lowest BCUT2D eigenvalue weighted by Gasteiger charge is -2.43. The van der Waals surface area contributed by atoms with Crippen molar-refractivity contribution < 1.29 is 23.8 Å². The van der Waals surface area contributed by atoms with Crippen LogP contribution in [-0.2, 0) is 30.3 Å². The van der Waals surface area contributed by atoms with Crippen LogP contribution in [0.2, 0.25) is 0 Å². The summed E-state index contributed by atoms with van der Waals surface area (Å²) in [6, 6.07) is 0. The summed E-state index contributed by atoms with van der Waals surface area (Å²) in [5.41, 5.74) is 0. The summed E-state index contributed by atoms with van der Waals surface area (Å²) in [6.45, 7) is 3.02. The zero-order valence-corrected chi connectivity index (χ0v) is 14.7. The molecule has 1 saturated heterocycles. The van der Waals surface area contributed by atoms with Crippen molar-refractivity contribution in [2.45, 2.75) is 32.1 Å². The molecule has 8 heteroatoms. The molecule has 2 rings (SSSR count). The molecule has 1 aromatic rings. The normalized spacial score (nSPS) is 20.0. The molecule has 134 valence electrons. The highest BCUT2D eigenvalue weighted by molar-refractivity contribution is 5.78. The van der Waals surface area contributed by atoms with Crippen LogP contribution in [-0.4, -0.2) is 66.5 Å². The lowest BCUT2D eigenvalue weighted by molar-refractivity contribution is -0.242. The van der Waals surface area contributed by atoms with Crippen molar-refractivity contribution in [2.24, 2.45) is 5.92 Å². The Bertz CT molecular complexity index is 582. The summed E-state index contributed by atoms with van der Waals surface area (Å²) in [5.74, 6) is -1.02. The Labute approximate surface area is 141 Å². The van der Waals surface area contributed by atoms with Gasteiger partial charge in [-0.1, -0.05) is 0 Å². The third-order valence-electron chi connectivity index (χ3n) is 4.55. The van der Waals surface area contributed by atoms with Gasteiger partial charge in [0.05, 0.1) is 19.6 Å². The molecule has 1 amide bonds. The molecule has 1 aliphatic rings. The number of aromatic nitrogens is 2. The van der Waals surface area contributed by atoms with Crippen LogP contribution in [0.5, 0.6) is 0 Å². The summed E-state index contributed by atoms with van der Waals surface area (Å²) in [5, 5.41) is 0. The van der Waals surface area contributed by atoms with Gasteiger partial charge in [-0.15, -0.1) is 0 Å². The fourth-order valence-corrected chi connectivity index (χ4v) is 3.03. The maximum Gasteiger partial charge on any atom is 0.310 e. The van der Waals surface area contributed by atoms with Crippen LogP contribution in [0.15, 0.2) is 12.4 Å². The Morgan fingerprint density at radius 3 is 2.58 bits per heavy atom. The molecule has 1 fully saturated rings. The van der Waals surface area contributed by atoms with Crippen molar-refractivity contribution >= 4 is 11.9 Å². The number of esters is 1. The van der Waals surface area contributed by atoms with Gasteiger partial charge in [0.25, 0.3) is 0 Å². The third-order valence-corrected chi connectivity index (χ3v) is 4.55. The molecular weight excluding hydrogens is 314 g/mol. The fraction of sp³-hybridized carbons (Fsp3) is 0.688. The first-order chi connectivity index (χ1) is 11.4. The fourth-order valence-electron chi connectivity index (χ4n) is 3.03. The van der Waals surface area contributed by atoms with Crippen LogP contribution in [0.25, 0.3) is 0 Å². The molecule has 2 heterocycles. The highest BCUT2D eigenvalue weighted by Gasteiger charge is 2.44. The van der Waals surface area contributed by atoms with Gasteiger partial charge >= 0.3 is 5.97 Å². The standard InChI is InChI=1S/C16H25N3O5/c1-12-17-6-8-18(12)7-5-14(20)19-10-13(15(21)22-2)9-16(11-19,23-3)24-4/h6,8,13H,5,7,9-11H2,1-4H3. The van der Waals surface area contributed by atoms with Gasteiger partial charge < -0.3 is 23.7 Å². The second kappa shape index (κ2) is 7.76. The molecule has 0 aromatic carbocycles. The van der Waals surface area contributed by atoms with Gasteiger partial charge in [0.1, 0.15) is 5.82 Å². The molecule has 0 radical (unpaired) electrons. The summed E-state index contributed by atoms with van der Waals surface area (Å²) < 4.78 is 17.7. The molecule has 0 saturated carbocycles. The van der Waals surface area contributed by atoms with Crippen LogP contribution >= 0.6 is 0 Å². The van der Waals surface area contributed by atoms with Crippen molar-refractivity contribution in [1.29, 1.82) is 0 Å². The van der Waals surface area contributed by atoms with Gasteiger partial charge in [0, 0.05) is 52.5 Å². The van der Waals surface area contributed by atoms with E-state index in [1.165, 1.54) is 21.3 Å². The predicted molar refractivity (Wildman–Crippen MR) is 85.0 cm³/mol. The number of hydrogen-bond donors (Lipinski definition) is 0. The Morgan fingerprint density at radius 2 is 2.04 bits per heavy atom. The van der Waals surface area contributed by atoms with E-state index in [0.717, 1.165) is 5.82 Å². The largest absolute Gasteiger partial charge is 0.469 e. The van der Waals surface area contributed by atoms with E-state index in [1.807, 2.05) is 17.7 Å². The summed E-state index contributed by atoms with van der Waals surface area (Å²) in [7, 11) is 4.37. The molecule has 8 nitrogen and oxygen atoms in total. The summed E-state index contributed by atoms with van der Waals surface area (Å²) in [6.07, 6.45) is 4.21. The average Bonchev–Trinajstić information content (AvgIpc) is 3.03. The second-order valence-corrected chi connectivity index (χ2v) is 5.94. The Hall–Kier alpha value is -1.93. The van der Waals surface area contributed by atoms with Gasteiger partial charge in [0.15, 0.2) is 5.79 Å². The number of ether oxygens (including phenoxy) is 3. The number of hydrogen-bond acceptors (Lipinski definition) is 6. The van der Waals surface area contributed by atoms with Crippen molar-refractivity contribution in [3.63, 3.8) is 0 Å². The minimum atomic E-state index is -0.988. The van der Waals surface area contributed by atoms with Crippen LogP contribution in [0.4, 0.5) is 0 Å². The number of piperidine rings is 1. The summed E-state index contributed by atoms with van der Waals surface area (Å²) in [4.78, 5) is 30.3. The first-order valence-corrected chi connectivity index (χ1v) is 7.88. The number of rotatable bonds is 6. The van der Waals surface area contributed by atoms with E-state index in [1.54, 1.807) is 11.1 Å². The Morgan fingerprint density at radius 1 is 1.33 bits per heavy atom. The van der Waals surface area contributed by atoms with Crippen LogP contribution in [0, 0.1) is 12.8 Å². The monoisotopic (exact) mass is 339 g/mol. The zero-order valence-electron chi connectivity index (χ0n) is 14.7. The van der Waals surface area contributed by atoms with Gasteiger partial charge in [-0.25, -0.2) is 4.98 Å². The number of aryl methyl sites for hydroxylation is 2. The van der Waals surface area contributed by atoms with E-state index in [9.17, 15) is 9.59 Å². The van der Waals surface area contributed by atoms with Crippen molar-refractivity contribution in [1.82, 2.24) is 14.5 Å². The Balaban J connectivity index is 2.07. The van der Waals surface area contributed by atoms with Gasteiger partial charge in [-0.2, -0.15) is 0 Å². The molecule has 0 spiro atoms. The number of carbonyl (C=O) groups excluding carboxylic acids is 2. The minimum absolute atomic E-state index is 0.0600. The SMILES string of the molecule is COC(=O)C1CN(C(=O)CCn2ccnc2C)CC(OC)(OC)C1. The van der Waals surface area contributed by atoms with E-state index in [2.05, 4.69) is 4.98 Å². The number of methoxy groups -OCH3 is 3. The molecule has 1 aromatic heterocycles. The lowest BCUT2D eigenvalue weighted by atomic mass is 9.92. The number of imidazole rings is 1. The number of amides is 1. The quantitative estimate of drug-likeness (QED) is 0.557. The number of likely N-dealkylation sites (tertiary alicyclic amines) is 1. The van der Waals surface area contributed by atoms with Crippen molar-refractivity contribution in [2.75, 3.05) is 34.4 Å². The summed E-state index contributed by atoms with van der Waals surface area (Å²) >= 11 is 0. The lowest BCUT2D eigenvalue weighted by Crippen LogP contribution is -2.57. The smallest absolute Gasteiger partial charge is 0.310 e. The molecule has 1 unspecified atom stereocenters. The number of carbonyl (C=O) groups is 2. The van der Waals surface area contributed by atoms with Crippen molar-refractivity contribution in [3.8, 4) is 0 Å². The van der Waals surface area contributed by atoms with E-state index < -0.39 is 11.7 Å². The van der Waals surface area contributed by atoms with Gasteiger partial charge in [-0.05, 0) is 6.92 Å². The zero-order chi connectivity index (χ0) is 17.7. The maximum absolute atomic E-state index is 12.6. The van der Waals surface area contributed by atoms with E-state index >= 15 is 0 Å².